The molecular weight excluding hydrogens is 378 g/mol. The number of carbonyl (C=O) groups is 2. The van der Waals surface area contributed by atoms with Crippen molar-refractivity contribution in [2.45, 2.75) is 25.8 Å². The quantitative estimate of drug-likeness (QED) is 0.819. The molecule has 2 aliphatic rings. The maximum atomic E-state index is 12.9. The zero-order valence-corrected chi connectivity index (χ0v) is 16.8. The number of carbonyl (C=O) groups excluding carboxylic acids is 2. The molecule has 0 saturated carbocycles. The van der Waals surface area contributed by atoms with Crippen LogP contribution in [-0.2, 0) is 4.79 Å². The van der Waals surface area contributed by atoms with Crippen molar-refractivity contribution < 1.29 is 9.59 Å². The highest BCUT2D eigenvalue weighted by Crippen LogP contribution is 2.21. The summed E-state index contributed by atoms with van der Waals surface area (Å²) in [5, 5.41) is 10.3. The van der Waals surface area contributed by atoms with Crippen molar-refractivity contribution in [2.24, 2.45) is 0 Å². The van der Waals surface area contributed by atoms with Crippen molar-refractivity contribution in [3.63, 3.8) is 0 Å². The van der Waals surface area contributed by atoms with Crippen LogP contribution in [0.15, 0.2) is 30.3 Å². The van der Waals surface area contributed by atoms with E-state index in [0.29, 0.717) is 31.9 Å². The lowest BCUT2D eigenvalue weighted by Crippen LogP contribution is -2.57. The molecule has 8 heteroatoms. The SMILES string of the molecule is Cc1ccc(-c2cc(C(=O)N3CCCC(N4CCNCC4=O)C3)[nH]n2)cc1.Cl. The van der Waals surface area contributed by atoms with Crippen molar-refractivity contribution in [3.8, 4) is 11.3 Å². The van der Waals surface area contributed by atoms with Gasteiger partial charge in [-0.25, -0.2) is 0 Å². The monoisotopic (exact) mass is 403 g/mol. The molecule has 0 aliphatic carbocycles. The number of hydrogen-bond donors (Lipinski definition) is 2. The number of aromatic amines is 1. The number of aromatic nitrogens is 2. The van der Waals surface area contributed by atoms with Crippen molar-refractivity contribution in [1.82, 2.24) is 25.3 Å². The summed E-state index contributed by atoms with van der Waals surface area (Å²) < 4.78 is 0. The van der Waals surface area contributed by atoms with Gasteiger partial charge in [0.05, 0.1) is 12.2 Å². The number of nitrogens with zero attached hydrogens (tertiary/aromatic N) is 3. The summed E-state index contributed by atoms with van der Waals surface area (Å²) >= 11 is 0. The van der Waals surface area contributed by atoms with Crippen LogP contribution in [-0.4, -0.2) is 70.6 Å². The van der Waals surface area contributed by atoms with Gasteiger partial charge in [0.15, 0.2) is 0 Å². The van der Waals surface area contributed by atoms with Gasteiger partial charge in [0.2, 0.25) is 5.91 Å². The van der Waals surface area contributed by atoms with E-state index in [0.717, 1.165) is 30.6 Å². The predicted octanol–water partition coefficient (Wildman–Crippen LogP) is 1.84. The molecule has 1 aromatic carbocycles. The Morgan fingerprint density at radius 1 is 1.21 bits per heavy atom. The number of likely N-dealkylation sites (tertiary alicyclic amines) is 1. The van der Waals surface area contributed by atoms with E-state index >= 15 is 0 Å². The maximum absolute atomic E-state index is 12.9. The molecule has 2 saturated heterocycles. The van der Waals surface area contributed by atoms with Crippen LogP contribution in [0.5, 0.6) is 0 Å². The zero-order valence-electron chi connectivity index (χ0n) is 16.0. The highest BCUT2D eigenvalue weighted by molar-refractivity contribution is 5.93. The van der Waals surface area contributed by atoms with E-state index in [1.807, 2.05) is 47.1 Å². The lowest BCUT2D eigenvalue weighted by atomic mass is 10.0. The smallest absolute Gasteiger partial charge is 0.271 e. The normalized spacial score (nSPS) is 20.0. The Morgan fingerprint density at radius 3 is 2.75 bits per heavy atom. The molecule has 2 fully saturated rings. The summed E-state index contributed by atoms with van der Waals surface area (Å²) in [5.74, 6) is 0.0805. The Bertz CT molecular complexity index is 835. The van der Waals surface area contributed by atoms with Gasteiger partial charge in [-0.3, -0.25) is 14.7 Å². The number of hydrogen-bond acceptors (Lipinski definition) is 4. The molecule has 28 heavy (non-hydrogen) atoms. The van der Waals surface area contributed by atoms with Crippen LogP contribution in [0.4, 0.5) is 0 Å². The molecule has 1 unspecified atom stereocenters. The molecule has 150 valence electrons. The molecule has 1 atom stereocenters. The van der Waals surface area contributed by atoms with Gasteiger partial charge in [-0.2, -0.15) is 5.10 Å². The molecule has 0 bridgehead atoms. The van der Waals surface area contributed by atoms with E-state index in [-0.39, 0.29) is 30.3 Å². The molecular formula is C20H26ClN5O2. The van der Waals surface area contributed by atoms with Gasteiger partial charge in [0.25, 0.3) is 5.91 Å². The van der Waals surface area contributed by atoms with Crippen molar-refractivity contribution in [1.29, 1.82) is 0 Å². The first-order valence-electron chi connectivity index (χ1n) is 9.54. The second-order valence-corrected chi connectivity index (χ2v) is 7.34. The van der Waals surface area contributed by atoms with Gasteiger partial charge in [-0.15, -0.1) is 12.4 Å². The number of piperazine rings is 1. The molecule has 2 amide bonds. The number of rotatable bonds is 3. The maximum Gasteiger partial charge on any atom is 0.271 e. The lowest BCUT2D eigenvalue weighted by molar-refractivity contribution is -0.135. The summed E-state index contributed by atoms with van der Waals surface area (Å²) in [5.41, 5.74) is 3.44. The average Bonchev–Trinajstić information content (AvgIpc) is 3.18. The van der Waals surface area contributed by atoms with Crippen LogP contribution in [0.2, 0.25) is 0 Å². The lowest BCUT2D eigenvalue weighted by Gasteiger charge is -2.41. The number of benzene rings is 1. The van der Waals surface area contributed by atoms with E-state index < -0.39 is 0 Å². The van der Waals surface area contributed by atoms with Crippen LogP contribution in [0.25, 0.3) is 11.3 Å². The third-order valence-electron chi connectivity index (χ3n) is 5.41. The van der Waals surface area contributed by atoms with Gasteiger partial charge < -0.3 is 15.1 Å². The fourth-order valence-electron chi connectivity index (χ4n) is 3.87. The third kappa shape index (κ3) is 4.20. The third-order valence-corrected chi connectivity index (χ3v) is 5.41. The number of piperidine rings is 1. The van der Waals surface area contributed by atoms with Crippen molar-refractivity contribution in [2.75, 3.05) is 32.7 Å². The van der Waals surface area contributed by atoms with Crippen LogP contribution >= 0.6 is 12.4 Å². The van der Waals surface area contributed by atoms with Gasteiger partial charge in [-0.05, 0) is 25.8 Å². The van der Waals surface area contributed by atoms with Crippen molar-refractivity contribution in [3.05, 3.63) is 41.6 Å². The Hall–Kier alpha value is -2.38. The Balaban J connectivity index is 0.00000225. The number of halogens is 1. The van der Waals surface area contributed by atoms with Crippen LogP contribution < -0.4 is 5.32 Å². The molecule has 0 radical (unpaired) electrons. The first kappa shape index (κ1) is 20.4. The van der Waals surface area contributed by atoms with E-state index in [2.05, 4.69) is 15.5 Å². The molecule has 4 rings (SSSR count). The molecule has 2 N–H and O–H groups in total. The van der Waals surface area contributed by atoms with Crippen molar-refractivity contribution >= 4 is 24.2 Å². The summed E-state index contributed by atoms with van der Waals surface area (Å²) in [6, 6.07) is 10.00. The summed E-state index contributed by atoms with van der Waals surface area (Å²) in [7, 11) is 0. The van der Waals surface area contributed by atoms with E-state index in [1.54, 1.807) is 0 Å². The second kappa shape index (κ2) is 8.75. The number of H-pyrrole nitrogens is 1. The minimum absolute atomic E-state index is 0. The molecule has 2 aliphatic heterocycles. The molecule has 1 aromatic heterocycles. The minimum atomic E-state index is -0.0480. The molecule has 3 heterocycles. The molecule has 0 spiro atoms. The average molecular weight is 404 g/mol. The summed E-state index contributed by atoms with van der Waals surface area (Å²) in [6.07, 6.45) is 1.86. The first-order chi connectivity index (χ1) is 13.1. The zero-order chi connectivity index (χ0) is 18.8. The van der Waals surface area contributed by atoms with E-state index in [9.17, 15) is 9.59 Å². The minimum Gasteiger partial charge on any atom is -0.336 e. The highest BCUT2D eigenvalue weighted by Gasteiger charge is 2.32. The number of nitrogens with one attached hydrogen (secondary N) is 2. The topological polar surface area (TPSA) is 81.3 Å². The standard InChI is InChI=1S/C20H25N5O2.ClH/c1-14-4-6-15(7-5-14)17-11-18(23-22-17)20(27)24-9-2-3-16(13-24)25-10-8-21-12-19(25)26;/h4-7,11,16,21H,2-3,8-10,12-13H2,1H3,(H,22,23);1H. The molecule has 7 nitrogen and oxygen atoms in total. The van der Waals surface area contributed by atoms with E-state index in [4.69, 9.17) is 0 Å². The van der Waals surface area contributed by atoms with Gasteiger partial charge in [0.1, 0.15) is 5.69 Å². The van der Waals surface area contributed by atoms with Crippen LogP contribution in [0.3, 0.4) is 0 Å². The summed E-state index contributed by atoms with van der Waals surface area (Å²) in [4.78, 5) is 28.9. The first-order valence-corrected chi connectivity index (χ1v) is 9.54. The Labute approximate surface area is 170 Å². The fourth-order valence-corrected chi connectivity index (χ4v) is 3.87. The van der Waals surface area contributed by atoms with Gasteiger partial charge >= 0.3 is 0 Å². The highest BCUT2D eigenvalue weighted by atomic mass is 35.5. The summed E-state index contributed by atoms with van der Waals surface area (Å²) in [6.45, 7) is 5.27. The van der Waals surface area contributed by atoms with Gasteiger partial charge in [0, 0.05) is 37.8 Å². The second-order valence-electron chi connectivity index (χ2n) is 7.34. The molecule has 2 aromatic rings. The largest absolute Gasteiger partial charge is 0.336 e. The predicted molar refractivity (Wildman–Crippen MR) is 110 cm³/mol. The van der Waals surface area contributed by atoms with Crippen LogP contribution in [0, 0.1) is 6.92 Å². The number of amides is 2. The fraction of sp³-hybridized carbons (Fsp3) is 0.450. The van der Waals surface area contributed by atoms with E-state index in [1.165, 1.54) is 5.56 Å². The Morgan fingerprint density at radius 2 is 2.00 bits per heavy atom. The number of aryl methyl sites for hydroxylation is 1. The van der Waals surface area contributed by atoms with Crippen LogP contribution in [0.1, 0.15) is 28.9 Å². The Kier molecular flexibility index (Phi) is 6.36. The van der Waals surface area contributed by atoms with Gasteiger partial charge in [-0.1, -0.05) is 29.8 Å².